The predicted octanol–water partition coefficient (Wildman–Crippen LogP) is 4.91. The molecular formula is C33H34FN7O2. The third-order valence-corrected chi connectivity index (χ3v) is 10.6. The second kappa shape index (κ2) is 9.73. The van der Waals surface area contributed by atoms with Crippen LogP contribution in [0.25, 0.3) is 32.9 Å². The number of rotatable bonds is 5. The van der Waals surface area contributed by atoms with Crippen LogP contribution in [0.4, 0.5) is 10.2 Å². The van der Waals surface area contributed by atoms with E-state index in [1.54, 1.807) is 12.3 Å². The number of aromatic nitrogens is 3. The molecule has 43 heavy (non-hydrogen) atoms. The lowest BCUT2D eigenvalue weighted by molar-refractivity contribution is 0.0321. The van der Waals surface area contributed by atoms with E-state index in [0.29, 0.717) is 61.3 Å². The molecular weight excluding hydrogens is 545 g/mol. The van der Waals surface area contributed by atoms with E-state index in [0.717, 1.165) is 30.2 Å². The Labute approximate surface area is 249 Å². The van der Waals surface area contributed by atoms with Gasteiger partial charge in [-0.2, -0.15) is 15.2 Å². The minimum Gasteiger partial charge on any atom is -0.508 e. The normalized spacial score (nSPS) is 26.2. The number of hydrogen-bond acceptors (Lipinski definition) is 9. The summed E-state index contributed by atoms with van der Waals surface area (Å²) in [5, 5.41) is 22.1. The summed E-state index contributed by atoms with van der Waals surface area (Å²) in [6, 6.07) is 13.7. The first-order valence-corrected chi connectivity index (χ1v) is 15.3. The van der Waals surface area contributed by atoms with Crippen LogP contribution in [0, 0.1) is 23.1 Å². The Kier molecular flexibility index (Phi) is 6.01. The standard InChI is InChI=1S/C33H34FN7O2/c34-27-28(25-16-23(42)14-20-4-1-2-5-24(20)25)37-17-26-29(27)38-31(39-30(26)40-12-9-32(36,18-35)10-13-40)43-19-33-8-3-11-41(33)22-7-6-21(33)15-22/h1-2,4-5,14,16-17,21-22,42H,3,6-13,15,19,36H2. The second-order valence-electron chi connectivity index (χ2n) is 12.8. The number of nitrogens with two attached hydrogens (primary N) is 1. The first-order chi connectivity index (χ1) is 20.9. The zero-order chi connectivity index (χ0) is 29.3. The molecule has 4 fully saturated rings. The molecule has 9 nitrogen and oxygen atoms in total. The molecule has 0 spiro atoms. The van der Waals surface area contributed by atoms with Gasteiger partial charge in [-0.25, -0.2) is 4.39 Å². The van der Waals surface area contributed by atoms with E-state index >= 15 is 4.39 Å². The Hall–Kier alpha value is -4.07. The number of benzene rings is 2. The van der Waals surface area contributed by atoms with Crippen LogP contribution in [0.1, 0.15) is 44.9 Å². The molecule has 3 unspecified atom stereocenters. The molecule has 3 saturated heterocycles. The molecule has 220 valence electrons. The second-order valence-corrected chi connectivity index (χ2v) is 12.8. The van der Waals surface area contributed by atoms with Gasteiger partial charge in [0.25, 0.3) is 0 Å². The molecule has 2 aromatic carbocycles. The van der Waals surface area contributed by atoms with Crippen molar-refractivity contribution in [3.8, 4) is 29.1 Å². The molecule has 2 aromatic heterocycles. The molecule has 3 N–H and O–H groups in total. The minimum absolute atomic E-state index is 0.000891. The van der Waals surface area contributed by atoms with Gasteiger partial charge >= 0.3 is 6.01 Å². The molecule has 8 rings (SSSR count). The number of anilines is 1. The molecule has 0 radical (unpaired) electrons. The summed E-state index contributed by atoms with van der Waals surface area (Å²) in [5.41, 5.74) is 6.08. The van der Waals surface area contributed by atoms with Gasteiger partial charge in [0.15, 0.2) is 5.82 Å². The number of piperidine rings is 2. The van der Waals surface area contributed by atoms with E-state index in [1.807, 2.05) is 29.2 Å². The molecule has 1 aliphatic carbocycles. The maximum atomic E-state index is 16.6. The monoisotopic (exact) mass is 579 g/mol. The van der Waals surface area contributed by atoms with E-state index < -0.39 is 11.4 Å². The van der Waals surface area contributed by atoms with Crippen molar-refractivity contribution in [2.75, 3.05) is 31.1 Å². The maximum Gasteiger partial charge on any atom is 0.319 e. The smallest absolute Gasteiger partial charge is 0.319 e. The maximum absolute atomic E-state index is 16.6. The number of nitriles is 1. The third kappa shape index (κ3) is 4.13. The van der Waals surface area contributed by atoms with E-state index in [2.05, 4.69) is 20.9 Å². The van der Waals surface area contributed by atoms with Crippen molar-refractivity contribution in [1.29, 1.82) is 5.26 Å². The lowest BCUT2D eigenvalue weighted by atomic mass is 9.82. The first-order valence-electron chi connectivity index (χ1n) is 15.3. The first kappa shape index (κ1) is 26.5. The summed E-state index contributed by atoms with van der Waals surface area (Å²) in [6.45, 7) is 2.58. The molecule has 3 aliphatic heterocycles. The molecule has 5 heterocycles. The Bertz CT molecular complexity index is 1800. The van der Waals surface area contributed by atoms with Gasteiger partial charge in [-0.15, -0.1) is 0 Å². The van der Waals surface area contributed by atoms with E-state index in [9.17, 15) is 10.4 Å². The topological polar surface area (TPSA) is 124 Å². The molecule has 4 aromatic rings. The van der Waals surface area contributed by atoms with Gasteiger partial charge < -0.3 is 20.5 Å². The molecule has 10 heteroatoms. The van der Waals surface area contributed by atoms with Gasteiger partial charge in [-0.3, -0.25) is 9.88 Å². The van der Waals surface area contributed by atoms with Gasteiger partial charge in [0.2, 0.25) is 0 Å². The van der Waals surface area contributed by atoms with Gasteiger partial charge in [0.05, 0.1) is 17.0 Å². The molecule has 0 amide bonds. The quantitative estimate of drug-likeness (QED) is 0.339. The summed E-state index contributed by atoms with van der Waals surface area (Å²) < 4.78 is 23.1. The van der Waals surface area contributed by atoms with Crippen LogP contribution >= 0.6 is 0 Å². The fourth-order valence-electron chi connectivity index (χ4n) is 8.33. The Morgan fingerprint density at radius 3 is 2.77 bits per heavy atom. The average molecular weight is 580 g/mol. The Morgan fingerprint density at radius 1 is 1.09 bits per heavy atom. The van der Waals surface area contributed by atoms with Crippen LogP contribution < -0.4 is 15.4 Å². The largest absolute Gasteiger partial charge is 0.508 e. The summed E-state index contributed by atoms with van der Waals surface area (Å²) in [6.07, 6.45) is 8.51. The Balaban J connectivity index is 1.23. The highest BCUT2D eigenvalue weighted by Gasteiger charge is 2.58. The van der Waals surface area contributed by atoms with Crippen LogP contribution in [-0.2, 0) is 0 Å². The zero-order valence-corrected chi connectivity index (χ0v) is 24.0. The van der Waals surface area contributed by atoms with Crippen molar-refractivity contribution < 1.29 is 14.2 Å². The molecule has 1 saturated carbocycles. The van der Waals surface area contributed by atoms with Gasteiger partial charge in [-0.05, 0) is 80.3 Å². The van der Waals surface area contributed by atoms with Gasteiger partial charge in [0.1, 0.15) is 34.9 Å². The highest BCUT2D eigenvalue weighted by Crippen LogP contribution is 2.54. The molecule has 2 bridgehead atoms. The fraction of sp³-hybridized carbons (Fsp3) is 0.455. The summed E-state index contributed by atoms with van der Waals surface area (Å²) in [7, 11) is 0. The number of pyridine rings is 1. The lowest BCUT2D eigenvalue weighted by Crippen LogP contribution is -2.52. The summed E-state index contributed by atoms with van der Waals surface area (Å²) >= 11 is 0. The Morgan fingerprint density at radius 2 is 1.93 bits per heavy atom. The van der Waals surface area contributed by atoms with Crippen molar-refractivity contribution in [2.45, 2.75) is 62.1 Å². The highest BCUT2D eigenvalue weighted by molar-refractivity contribution is 5.99. The van der Waals surface area contributed by atoms with Gasteiger partial charge in [0, 0.05) is 30.9 Å². The SMILES string of the molecule is N#CC1(N)CCN(c2nc(OCC34CCCN3C3CCC4C3)nc3c(F)c(-c4cc(O)cc5ccccc45)ncc23)CC1. The predicted molar refractivity (Wildman–Crippen MR) is 161 cm³/mol. The van der Waals surface area contributed by atoms with Crippen LogP contribution in [0.2, 0.25) is 0 Å². The minimum atomic E-state index is -0.890. The van der Waals surface area contributed by atoms with E-state index in [-0.39, 0.29) is 28.5 Å². The summed E-state index contributed by atoms with van der Waals surface area (Å²) in [4.78, 5) is 18.7. The zero-order valence-electron chi connectivity index (χ0n) is 24.0. The van der Waals surface area contributed by atoms with Crippen molar-refractivity contribution in [3.63, 3.8) is 0 Å². The highest BCUT2D eigenvalue weighted by atomic mass is 19.1. The average Bonchev–Trinajstić information content (AvgIpc) is 3.75. The number of ether oxygens (including phenoxy) is 1. The van der Waals surface area contributed by atoms with Gasteiger partial charge in [-0.1, -0.05) is 24.3 Å². The third-order valence-electron chi connectivity index (χ3n) is 10.6. The number of halogens is 1. The van der Waals surface area contributed by atoms with Crippen LogP contribution in [-0.4, -0.2) is 68.3 Å². The van der Waals surface area contributed by atoms with Crippen molar-refractivity contribution in [2.24, 2.45) is 11.7 Å². The van der Waals surface area contributed by atoms with Crippen molar-refractivity contribution in [3.05, 3.63) is 48.4 Å². The molecule has 4 aliphatic rings. The fourth-order valence-corrected chi connectivity index (χ4v) is 8.33. The summed E-state index contributed by atoms with van der Waals surface area (Å²) in [5.74, 6) is 0.582. The number of aromatic hydroxyl groups is 1. The molecule has 3 atom stereocenters. The number of phenolic OH excluding ortho intramolecular Hbond substituents is 1. The number of phenols is 1. The van der Waals surface area contributed by atoms with Crippen molar-refractivity contribution in [1.82, 2.24) is 19.9 Å². The van der Waals surface area contributed by atoms with E-state index in [4.69, 9.17) is 15.5 Å². The number of hydrogen-bond donors (Lipinski definition) is 2. The number of fused-ring (bicyclic) bond motifs is 7. The van der Waals surface area contributed by atoms with Crippen LogP contribution in [0.15, 0.2) is 42.6 Å². The van der Waals surface area contributed by atoms with Crippen LogP contribution in [0.5, 0.6) is 11.8 Å². The van der Waals surface area contributed by atoms with E-state index in [1.165, 1.54) is 25.3 Å². The van der Waals surface area contributed by atoms with Crippen molar-refractivity contribution >= 4 is 27.5 Å². The number of nitrogens with zero attached hydrogens (tertiary/aromatic N) is 6. The lowest BCUT2D eigenvalue weighted by Gasteiger charge is -2.41. The van der Waals surface area contributed by atoms with Crippen LogP contribution in [0.3, 0.4) is 0 Å².